The summed E-state index contributed by atoms with van der Waals surface area (Å²) in [5.41, 5.74) is 1.16. The zero-order valence-corrected chi connectivity index (χ0v) is 13.8. The van der Waals surface area contributed by atoms with Gasteiger partial charge >= 0.3 is 0 Å². The van der Waals surface area contributed by atoms with Gasteiger partial charge in [0.05, 0.1) is 0 Å². The van der Waals surface area contributed by atoms with Crippen LogP contribution in [0.2, 0.25) is 0 Å². The lowest BCUT2D eigenvalue weighted by molar-refractivity contribution is -0.116. The van der Waals surface area contributed by atoms with Crippen molar-refractivity contribution in [3.63, 3.8) is 0 Å². The number of aromatic nitrogens is 2. The fourth-order valence-electron chi connectivity index (χ4n) is 1.65. The minimum absolute atomic E-state index is 0.0184. The van der Waals surface area contributed by atoms with Crippen LogP contribution < -0.4 is 5.32 Å². The molecule has 0 radical (unpaired) electrons. The van der Waals surface area contributed by atoms with Crippen LogP contribution in [0.5, 0.6) is 0 Å². The summed E-state index contributed by atoms with van der Waals surface area (Å²) in [6.07, 6.45) is 2.28. The molecule has 0 saturated carbocycles. The standard InChI is InChI=1S/C15H19N3OS2/c1-3-11(2)20-15-18-17-14(21-15)16-13(19)10-9-12-7-5-4-6-8-12/h4-8,11H,3,9-10H2,1-2H3,(H,16,17,19)/t11-/m1/s1. The van der Waals surface area contributed by atoms with E-state index in [2.05, 4.69) is 29.4 Å². The average molecular weight is 321 g/mol. The number of aryl methyl sites for hydroxylation is 1. The Bertz CT molecular complexity index is 571. The predicted octanol–water partition coefficient (Wildman–Crippen LogP) is 4.00. The number of hydrogen-bond donors (Lipinski definition) is 1. The molecule has 0 aliphatic carbocycles. The first-order chi connectivity index (χ1) is 10.2. The summed E-state index contributed by atoms with van der Waals surface area (Å²) in [6.45, 7) is 4.30. The largest absolute Gasteiger partial charge is 0.300 e. The molecule has 4 nitrogen and oxygen atoms in total. The van der Waals surface area contributed by atoms with E-state index in [0.717, 1.165) is 22.7 Å². The highest BCUT2D eigenvalue weighted by Gasteiger charge is 2.10. The molecule has 1 aromatic heterocycles. The van der Waals surface area contributed by atoms with Crippen molar-refractivity contribution < 1.29 is 4.79 Å². The quantitative estimate of drug-likeness (QED) is 0.618. The maximum atomic E-state index is 11.9. The summed E-state index contributed by atoms with van der Waals surface area (Å²) in [7, 11) is 0. The van der Waals surface area contributed by atoms with E-state index in [1.54, 1.807) is 11.8 Å². The van der Waals surface area contributed by atoms with E-state index in [9.17, 15) is 4.79 Å². The maximum absolute atomic E-state index is 11.9. The van der Waals surface area contributed by atoms with Crippen LogP contribution in [0, 0.1) is 0 Å². The Morgan fingerprint density at radius 3 is 2.81 bits per heavy atom. The van der Waals surface area contributed by atoms with Gasteiger partial charge in [0.15, 0.2) is 4.34 Å². The molecule has 0 aliphatic heterocycles. The molecule has 0 bridgehead atoms. The van der Waals surface area contributed by atoms with Gasteiger partial charge < -0.3 is 5.32 Å². The summed E-state index contributed by atoms with van der Waals surface area (Å²) in [4.78, 5) is 11.9. The number of rotatable bonds is 7. The minimum atomic E-state index is -0.0184. The van der Waals surface area contributed by atoms with E-state index in [4.69, 9.17) is 0 Å². The van der Waals surface area contributed by atoms with Crippen LogP contribution in [0.3, 0.4) is 0 Å². The van der Waals surface area contributed by atoms with Crippen LogP contribution >= 0.6 is 23.1 Å². The number of carbonyl (C=O) groups is 1. The fraction of sp³-hybridized carbons (Fsp3) is 0.400. The SMILES string of the molecule is CC[C@@H](C)Sc1nnc(NC(=O)CCc2ccccc2)s1. The van der Waals surface area contributed by atoms with Crippen LogP contribution in [0.4, 0.5) is 5.13 Å². The predicted molar refractivity (Wildman–Crippen MR) is 88.9 cm³/mol. The Kier molecular flexibility index (Phi) is 6.20. The molecule has 2 aromatic rings. The molecule has 0 spiro atoms. The normalized spacial score (nSPS) is 12.1. The van der Waals surface area contributed by atoms with Gasteiger partial charge in [0, 0.05) is 11.7 Å². The molecule has 112 valence electrons. The van der Waals surface area contributed by atoms with Crippen molar-refractivity contribution in [1.29, 1.82) is 0 Å². The number of hydrogen-bond acceptors (Lipinski definition) is 5. The summed E-state index contributed by atoms with van der Waals surface area (Å²) < 4.78 is 0.905. The van der Waals surface area contributed by atoms with Gasteiger partial charge in [-0.1, -0.05) is 67.3 Å². The Morgan fingerprint density at radius 1 is 1.33 bits per heavy atom. The summed E-state index contributed by atoms with van der Waals surface area (Å²) in [5, 5.41) is 12.0. The summed E-state index contributed by atoms with van der Waals surface area (Å²) >= 11 is 3.13. The van der Waals surface area contributed by atoms with Crippen molar-refractivity contribution in [2.45, 2.75) is 42.7 Å². The molecule has 1 heterocycles. The van der Waals surface area contributed by atoms with Gasteiger partial charge in [-0.3, -0.25) is 4.79 Å². The number of amides is 1. The van der Waals surface area contributed by atoms with E-state index >= 15 is 0 Å². The van der Waals surface area contributed by atoms with Crippen LogP contribution in [-0.2, 0) is 11.2 Å². The molecular weight excluding hydrogens is 302 g/mol. The zero-order valence-electron chi connectivity index (χ0n) is 12.2. The Balaban J connectivity index is 1.80. The highest BCUT2D eigenvalue weighted by Crippen LogP contribution is 2.29. The molecule has 21 heavy (non-hydrogen) atoms. The molecule has 1 atom stereocenters. The third-order valence-electron chi connectivity index (χ3n) is 3.01. The molecule has 0 unspecified atom stereocenters. The smallest absolute Gasteiger partial charge is 0.226 e. The average Bonchev–Trinajstić information content (AvgIpc) is 2.93. The second kappa shape index (κ2) is 8.14. The van der Waals surface area contributed by atoms with Gasteiger partial charge in [0.25, 0.3) is 0 Å². The molecular formula is C15H19N3OS2. The van der Waals surface area contributed by atoms with Crippen molar-refractivity contribution in [1.82, 2.24) is 10.2 Å². The number of thioether (sulfide) groups is 1. The topological polar surface area (TPSA) is 54.9 Å². The van der Waals surface area contributed by atoms with Gasteiger partial charge in [-0.05, 0) is 18.4 Å². The first kappa shape index (κ1) is 16.0. The Labute approximate surface area is 133 Å². The van der Waals surface area contributed by atoms with Crippen molar-refractivity contribution in [2.24, 2.45) is 0 Å². The lowest BCUT2D eigenvalue weighted by Crippen LogP contribution is -2.12. The first-order valence-corrected chi connectivity index (χ1v) is 8.71. The highest BCUT2D eigenvalue weighted by molar-refractivity contribution is 8.01. The van der Waals surface area contributed by atoms with E-state index in [0.29, 0.717) is 16.8 Å². The number of anilines is 1. The van der Waals surface area contributed by atoms with Crippen molar-refractivity contribution in [3.8, 4) is 0 Å². The molecule has 1 aromatic carbocycles. The molecule has 2 rings (SSSR count). The molecule has 1 N–H and O–H groups in total. The van der Waals surface area contributed by atoms with Gasteiger partial charge in [-0.15, -0.1) is 10.2 Å². The van der Waals surface area contributed by atoms with E-state index in [1.165, 1.54) is 11.3 Å². The third-order valence-corrected chi connectivity index (χ3v) is 5.20. The minimum Gasteiger partial charge on any atom is -0.300 e. The molecule has 0 aliphatic rings. The van der Waals surface area contributed by atoms with Crippen molar-refractivity contribution >= 4 is 34.1 Å². The molecule has 0 fully saturated rings. The summed E-state index contributed by atoms with van der Waals surface area (Å²) in [6, 6.07) is 9.99. The lowest BCUT2D eigenvalue weighted by atomic mass is 10.1. The van der Waals surface area contributed by atoms with Crippen LogP contribution in [-0.4, -0.2) is 21.4 Å². The Morgan fingerprint density at radius 2 is 2.10 bits per heavy atom. The second-order valence-corrected chi connectivity index (χ2v) is 7.41. The van der Waals surface area contributed by atoms with Gasteiger partial charge in [0.1, 0.15) is 0 Å². The van der Waals surface area contributed by atoms with Crippen molar-refractivity contribution in [2.75, 3.05) is 5.32 Å². The van der Waals surface area contributed by atoms with Crippen LogP contribution in [0.15, 0.2) is 34.7 Å². The Hall–Kier alpha value is -1.40. The van der Waals surface area contributed by atoms with Gasteiger partial charge in [-0.25, -0.2) is 0 Å². The number of nitrogens with zero attached hydrogens (tertiary/aromatic N) is 2. The maximum Gasteiger partial charge on any atom is 0.226 e. The van der Waals surface area contributed by atoms with E-state index in [-0.39, 0.29) is 5.91 Å². The second-order valence-electron chi connectivity index (χ2n) is 4.74. The fourth-order valence-corrected chi connectivity index (χ4v) is 3.66. The van der Waals surface area contributed by atoms with E-state index in [1.807, 2.05) is 30.3 Å². The molecule has 6 heteroatoms. The summed E-state index contributed by atoms with van der Waals surface area (Å²) in [5.74, 6) is -0.0184. The number of benzene rings is 1. The number of nitrogens with one attached hydrogen (secondary N) is 1. The van der Waals surface area contributed by atoms with Crippen molar-refractivity contribution in [3.05, 3.63) is 35.9 Å². The van der Waals surface area contributed by atoms with Gasteiger partial charge in [0.2, 0.25) is 11.0 Å². The first-order valence-electron chi connectivity index (χ1n) is 7.01. The monoisotopic (exact) mass is 321 g/mol. The number of carbonyl (C=O) groups excluding carboxylic acids is 1. The third kappa shape index (κ3) is 5.47. The molecule has 0 saturated heterocycles. The highest BCUT2D eigenvalue weighted by atomic mass is 32.2. The molecule has 1 amide bonds. The van der Waals surface area contributed by atoms with Gasteiger partial charge in [-0.2, -0.15) is 0 Å². The van der Waals surface area contributed by atoms with Crippen LogP contribution in [0.1, 0.15) is 32.3 Å². The van der Waals surface area contributed by atoms with E-state index < -0.39 is 0 Å². The zero-order chi connectivity index (χ0) is 15.1. The lowest BCUT2D eigenvalue weighted by Gasteiger charge is -2.03. The van der Waals surface area contributed by atoms with Crippen LogP contribution in [0.25, 0.3) is 0 Å².